The van der Waals surface area contributed by atoms with E-state index in [2.05, 4.69) is 50.0 Å². The van der Waals surface area contributed by atoms with Gasteiger partial charge in [-0.25, -0.2) is 9.78 Å². The van der Waals surface area contributed by atoms with Crippen LogP contribution in [-0.2, 0) is 9.78 Å². The minimum absolute atomic E-state index is 0.740. The molecule has 0 fully saturated rings. The first-order valence-corrected chi connectivity index (χ1v) is 13.3. The maximum atomic E-state index is 4.76. The number of hydrogen-bond acceptors (Lipinski definition) is 2. The Morgan fingerprint density at radius 1 is 0.467 bits per heavy atom. The summed E-state index contributed by atoms with van der Waals surface area (Å²) in [6.45, 7) is 7.44. The molecule has 0 rings (SSSR count). The predicted molar refractivity (Wildman–Crippen MR) is 136 cm³/mol. The smallest absolute Gasteiger partial charge is 0.0822 e. The van der Waals surface area contributed by atoms with E-state index in [1.165, 1.54) is 116 Å². The number of hydrogen-bond donors (Lipinski definition) is 0. The fourth-order valence-corrected chi connectivity index (χ4v) is 3.28. The van der Waals surface area contributed by atoms with E-state index < -0.39 is 0 Å². The highest BCUT2D eigenvalue weighted by atomic mass is 17.2. The molecule has 180 valence electrons. The molecule has 0 atom stereocenters. The van der Waals surface area contributed by atoms with Crippen molar-refractivity contribution in [3.63, 3.8) is 0 Å². The molecule has 0 aliphatic carbocycles. The van der Waals surface area contributed by atoms with E-state index in [9.17, 15) is 0 Å². The molecule has 0 aromatic carbocycles. The Bertz CT molecular complexity index is 313. The maximum absolute atomic E-state index is 4.76. The molecular formula is C28H56O2. The molecule has 2 nitrogen and oxygen atoms in total. The molecule has 0 saturated carbocycles. The molecule has 0 bridgehead atoms. The third-order valence-corrected chi connectivity index (χ3v) is 5.23. The van der Waals surface area contributed by atoms with Crippen LogP contribution in [0.4, 0.5) is 0 Å². The molecular weight excluding hydrogens is 368 g/mol. The molecule has 0 saturated heterocycles. The number of allylic oxidation sites excluding steroid dienone is 4. The van der Waals surface area contributed by atoms with Crippen LogP contribution >= 0.6 is 0 Å². The van der Waals surface area contributed by atoms with Crippen LogP contribution in [0.25, 0.3) is 0 Å². The van der Waals surface area contributed by atoms with E-state index in [-0.39, 0.29) is 0 Å². The first kappa shape index (κ1) is 31.6. The van der Waals surface area contributed by atoms with Crippen LogP contribution < -0.4 is 0 Å². The van der Waals surface area contributed by atoms with Gasteiger partial charge < -0.3 is 0 Å². The summed E-state index contributed by atoms with van der Waals surface area (Å²) in [6.07, 6.45) is 34.8. The molecule has 30 heavy (non-hydrogen) atoms. The van der Waals surface area contributed by atoms with Gasteiger partial charge in [-0.1, -0.05) is 122 Å². The standard InChI is InChI=1S/C18H34.C10H22O2/c1-3-5-7-9-11-13-15-17-18-16-14-12-10-8-6-4-2;1-3-4-5-6-7-8-9-10-12-11-2/h5,7,10,12H,3-4,6,8-9,11,13-18H2,1-2H3;3-10H2,1-2H3/b7-5+,12-10+;. The highest BCUT2D eigenvalue weighted by molar-refractivity contribution is 4.81. The Morgan fingerprint density at radius 2 is 0.900 bits per heavy atom. The quantitative estimate of drug-likeness (QED) is 0.0744. The van der Waals surface area contributed by atoms with Gasteiger partial charge in [-0.05, 0) is 44.9 Å². The Balaban J connectivity index is 0. The van der Waals surface area contributed by atoms with Gasteiger partial charge in [-0.2, -0.15) is 0 Å². The molecule has 0 heterocycles. The van der Waals surface area contributed by atoms with Gasteiger partial charge in [0.05, 0.1) is 13.7 Å². The van der Waals surface area contributed by atoms with Crippen molar-refractivity contribution in [3.8, 4) is 0 Å². The zero-order chi connectivity index (χ0) is 22.4. The van der Waals surface area contributed by atoms with Crippen molar-refractivity contribution in [2.75, 3.05) is 13.7 Å². The van der Waals surface area contributed by atoms with Crippen LogP contribution in [-0.4, -0.2) is 13.7 Å². The second-order valence-electron chi connectivity index (χ2n) is 8.30. The molecule has 0 aliphatic heterocycles. The van der Waals surface area contributed by atoms with Crippen molar-refractivity contribution in [2.45, 2.75) is 143 Å². The van der Waals surface area contributed by atoms with Gasteiger partial charge in [-0.15, -0.1) is 0 Å². The summed E-state index contributed by atoms with van der Waals surface area (Å²) in [6, 6.07) is 0. The first-order chi connectivity index (χ1) is 14.8. The van der Waals surface area contributed by atoms with E-state index in [0.29, 0.717) is 0 Å². The van der Waals surface area contributed by atoms with Gasteiger partial charge >= 0.3 is 0 Å². The Kier molecular flexibility index (Phi) is 34.8. The van der Waals surface area contributed by atoms with Crippen LogP contribution in [0.3, 0.4) is 0 Å². The third kappa shape index (κ3) is 34.9. The lowest BCUT2D eigenvalue weighted by Gasteiger charge is -2.00. The van der Waals surface area contributed by atoms with Crippen molar-refractivity contribution in [1.82, 2.24) is 0 Å². The minimum atomic E-state index is 0.740. The third-order valence-electron chi connectivity index (χ3n) is 5.23. The van der Waals surface area contributed by atoms with E-state index in [1.807, 2.05) is 0 Å². The highest BCUT2D eigenvalue weighted by Crippen LogP contribution is 2.10. The second-order valence-corrected chi connectivity index (χ2v) is 8.30. The fraction of sp³-hybridized carbons (Fsp3) is 0.857. The topological polar surface area (TPSA) is 18.5 Å². The molecule has 0 spiro atoms. The lowest BCUT2D eigenvalue weighted by atomic mass is 10.1. The summed E-state index contributed by atoms with van der Waals surface area (Å²) >= 11 is 0. The van der Waals surface area contributed by atoms with Crippen molar-refractivity contribution in [1.29, 1.82) is 0 Å². The lowest BCUT2D eigenvalue weighted by Crippen LogP contribution is -1.92. The molecule has 0 aromatic heterocycles. The maximum Gasteiger partial charge on any atom is 0.0822 e. The summed E-state index contributed by atoms with van der Waals surface area (Å²) in [5, 5.41) is 0. The lowest BCUT2D eigenvalue weighted by molar-refractivity contribution is -0.272. The van der Waals surface area contributed by atoms with E-state index in [4.69, 9.17) is 4.89 Å². The van der Waals surface area contributed by atoms with Crippen molar-refractivity contribution < 1.29 is 9.78 Å². The predicted octanol–water partition coefficient (Wildman–Crippen LogP) is 10.1. The zero-order valence-corrected chi connectivity index (χ0v) is 21.3. The van der Waals surface area contributed by atoms with Crippen molar-refractivity contribution >= 4 is 0 Å². The minimum Gasteiger partial charge on any atom is -0.240 e. The van der Waals surface area contributed by atoms with Gasteiger partial charge in [0, 0.05) is 0 Å². The molecule has 0 radical (unpaired) electrons. The van der Waals surface area contributed by atoms with Crippen LogP contribution in [0, 0.1) is 0 Å². The molecule has 0 unspecified atom stereocenters. The average Bonchev–Trinajstić information content (AvgIpc) is 2.76. The number of unbranched alkanes of at least 4 members (excludes halogenated alkanes) is 15. The zero-order valence-electron chi connectivity index (χ0n) is 21.3. The van der Waals surface area contributed by atoms with E-state index in [1.54, 1.807) is 7.11 Å². The van der Waals surface area contributed by atoms with Crippen molar-refractivity contribution in [3.05, 3.63) is 24.3 Å². The molecule has 0 N–H and O–H groups in total. The van der Waals surface area contributed by atoms with Crippen molar-refractivity contribution in [2.24, 2.45) is 0 Å². The Hall–Kier alpha value is -0.600. The van der Waals surface area contributed by atoms with Crippen LogP contribution in [0.15, 0.2) is 24.3 Å². The fourth-order valence-electron chi connectivity index (χ4n) is 3.28. The van der Waals surface area contributed by atoms with Gasteiger partial charge in [-0.3, -0.25) is 0 Å². The van der Waals surface area contributed by atoms with Gasteiger partial charge in [0.15, 0.2) is 0 Å². The van der Waals surface area contributed by atoms with E-state index in [0.717, 1.165) is 13.0 Å². The highest BCUT2D eigenvalue weighted by Gasteiger charge is 1.91. The summed E-state index contributed by atoms with van der Waals surface area (Å²) in [4.78, 5) is 9.25. The second kappa shape index (κ2) is 33.0. The molecule has 2 heteroatoms. The summed E-state index contributed by atoms with van der Waals surface area (Å²) in [5.41, 5.74) is 0. The first-order valence-electron chi connectivity index (χ1n) is 13.3. The summed E-state index contributed by atoms with van der Waals surface area (Å²) in [7, 11) is 1.56. The van der Waals surface area contributed by atoms with Gasteiger partial charge in [0.25, 0.3) is 0 Å². The summed E-state index contributed by atoms with van der Waals surface area (Å²) < 4.78 is 0. The van der Waals surface area contributed by atoms with E-state index >= 15 is 0 Å². The average molecular weight is 425 g/mol. The van der Waals surface area contributed by atoms with Crippen LogP contribution in [0.1, 0.15) is 143 Å². The largest absolute Gasteiger partial charge is 0.240 e. The number of rotatable bonds is 22. The Labute approximate surface area is 190 Å². The summed E-state index contributed by atoms with van der Waals surface area (Å²) in [5.74, 6) is 0. The molecule has 0 aromatic rings. The molecule has 0 amide bonds. The Morgan fingerprint density at radius 3 is 1.40 bits per heavy atom. The van der Waals surface area contributed by atoms with Gasteiger partial charge in [0.2, 0.25) is 0 Å². The monoisotopic (exact) mass is 424 g/mol. The SMILES string of the molecule is CC/C=C/CCCCCCCC/C=C/CCCC.CCCCCCCCCOOC. The molecule has 0 aliphatic rings. The van der Waals surface area contributed by atoms with Crippen LogP contribution in [0.5, 0.6) is 0 Å². The van der Waals surface area contributed by atoms with Gasteiger partial charge in [0.1, 0.15) is 0 Å². The normalized spacial score (nSPS) is 11.3. The van der Waals surface area contributed by atoms with Crippen LogP contribution in [0.2, 0.25) is 0 Å².